The van der Waals surface area contributed by atoms with E-state index in [1.807, 2.05) is 0 Å². The van der Waals surface area contributed by atoms with Crippen LogP contribution in [0.25, 0.3) is 0 Å². The minimum Gasteiger partial charge on any atom is -0.508 e. The van der Waals surface area contributed by atoms with Crippen LogP contribution in [0.4, 0.5) is 13.2 Å². The fourth-order valence-corrected chi connectivity index (χ4v) is 4.23. The highest BCUT2D eigenvalue weighted by atomic mass is 19.4. The topological polar surface area (TPSA) is 130 Å². The maximum atomic E-state index is 13.2. The number of carbonyl (C=O) groups is 3. The number of phenolic OH excluding ortho intramolecular Hbond substituents is 1. The quantitative estimate of drug-likeness (QED) is 0.0760. The third-order valence-electron chi connectivity index (χ3n) is 6.68. The van der Waals surface area contributed by atoms with Gasteiger partial charge in [-0.15, -0.1) is 13.2 Å². The van der Waals surface area contributed by atoms with Gasteiger partial charge in [-0.3, -0.25) is 0 Å². The first-order valence-electron chi connectivity index (χ1n) is 15.0. The van der Waals surface area contributed by atoms with Gasteiger partial charge in [-0.05, 0) is 78.7 Å². The van der Waals surface area contributed by atoms with E-state index in [2.05, 4.69) is 16.6 Å². The standard InChI is InChI=1S/C35H32F3NO9/c1-2-3-4-5-6-19-44-28-15-17-30(39-21-28)34(43)47-31-18-16-27(46-32(41)24-9-11-25(40)12-10-24)20-29(31)33(42)45-22-23-7-13-26(14-8-23)48-35(36,37)38/h7-18,20-21,40H,2-6,19,22H2,1H3. The van der Waals surface area contributed by atoms with Crippen LogP contribution in [0.3, 0.4) is 0 Å². The molecule has 1 N–H and O–H groups in total. The highest BCUT2D eigenvalue weighted by molar-refractivity contribution is 5.96. The maximum Gasteiger partial charge on any atom is 0.573 e. The van der Waals surface area contributed by atoms with Gasteiger partial charge in [0.05, 0.1) is 18.4 Å². The molecule has 0 fully saturated rings. The molecule has 10 nitrogen and oxygen atoms in total. The molecule has 0 radical (unpaired) electrons. The second-order valence-electron chi connectivity index (χ2n) is 10.4. The van der Waals surface area contributed by atoms with Crippen LogP contribution < -0.4 is 18.9 Å². The molecule has 4 aromatic rings. The van der Waals surface area contributed by atoms with E-state index in [1.54, 1.807) is 6.07 Å². The van der Waals surface area contributed by atoms with Crippen LogP contribution >= 0.6 is 0 Å². The summed E-state index contributed by atoms with van der Waals surface area (Å²) in [6.45, 7) is 2.29. The Balaban J connectivity index is 1.47. The molecule has 0 aliphatic carbocycles. The van der Waals surface area contributed by atoms with Gasteiger partial charge in [0.15, 0.2) is 0 Å². The van der Waals surface area contributed by atoms with Crippen LogP contribution in [0.2, 0.25) is 0 Å². The van der Waals surface area contributed by atoms with E-state index in [0.717, 1.165) is 43.9 Å². The molecule has 13 heteroatoms. The zero-order valence-electron chi connectivity index (χ0n) is 25.8. The summed E-state index contributed by atoms with van der Waals surface area (Å²) in [6, 6.07) is 16.6. The number of rotatable bonds is 15. The smallest absolute Gasteiger partial charge is 0.508 e. The third kappa shape index (κ3) is 11.0. The molecule has 0 aliphatic rings. The van der Waals surface area contributed by atoms with Crippen molar-refractivity contribution in [2.24, 2.45) is 0 Å². The normalized spacial score (nSPS) is 11.0. The Labute approximate surface area is 274 Å². The van der Waals surface area contributed by atoms with E-state index in [1.165, 1.54) is 67.2 Å². The molecule has 4 rings (SSSR count). The predicted molar refractivity (Wildman–Crippen MR) is 165 cm³/mol. The zero-order chi connectivity index (χ0) is 34.5. The number of hydrogen-bond donors (Lipinski definition) is 1. The number of pyridine rings is 1. The average Bonchev–Trinajstić information content (AvgIpc) is 3.06. The second kappa shape index (κ2) is 16.8. The Morgan fingerprint density at radius 1 is 0.750 bits per heavy atom. The Bertz CT molecular complexity index is 1670. The van der Waals surface area contributed by atoms with Gasteiger partial charge in [0.2, 0.25) is 0 Å². The van der Waals surface area contributed by atoms with Gasteiger partial charge in [0.25, 0.3) is 0 Å². The summed E-state index contributed by atoms with van der Waals surface area (Å²) in [7, 11) is 0. The molecule has 0 unspecified atom stereocenters. The number of aromatic hydroxyl groups is 1. The van der Waals surface area contributed by atoms with Gasteiger partial charge in [-0.1, -0.05) is 44.7 Å². The lowest BCUT2D eigenvalue weighted by Gasteiger charge is -2.13. The number of esters is 3. The van der Waals surface area contributed by atoms with Crippen LogP contribution in [0.5, 0.6) is 28.7 Å². The molecule has 3 aromatic carbocycles. The number of phenols is 1. The van der Waals surface area contributed by atoms with Gasteiger partial charge in [-0.25, -0.2) is 19.4 Å². The lowest BCUT2D eigenvalue weighted by atomic mass is 10.1. The molecule has 1 heterocycles. The van der Waals surface area contributed by atoms with Crippen LogP contribution in [-0.4, -0.2) is 41.0 Å². The SMILES string of the molecule is CCCCCCCOc1ccc(C(=O)Oc2ccc(OC(=O)c3ccc(O)cc3)cc2C(=O)OCc2ccc(OC(F)(F)F)cc2)nc1. The van der Waals surface area contributed by atoms with Crippen LogP contribution in [0, 0.1) is 0 Å². The van der Waals surface area contributed by atoms with Crippen molar-refractivity contribution < 1.29 is 56.3 Å². The van der Waals surface area contributed by atoms with Gasteiger partial charge in [0, 0.05) is 0 Å². The first-order chi connectivity index (χ1) is 23.0. The number of carbonyl (C=O) groups excluding carboxylic acids is 3. The third-order valence-corrected chi connectivity index (χ3v) is 6.68. The van der Waals surface area contributed by atoms with Crippen molar-refractivity contribution in [3.05, 3.63) is 107 Å². The first-order valence-corrected chi connectivity index (χ1v) is 15.0. The van der Waals surface area contributed by atoms with Gasteiger partial charge in [0.1, 0.15) is 46.6 Å². The average molecular weight is 668 g/mol. The van der Waals surface area contributed by atoms with Gasteiger partial charge >= 0.3 is 24.3 Å². The van der Waals surface area contributed by atoms with Crippen molar-refractivity contribution in [3.8, 4) is 28.7 Å². The van der Waals surface area contributed by atoms with Crippen molar-refractivity contribution in [1.82, 2.24) is 4.98 Å². The van der Waals surface area contributed by atoms with Crippen LogP contribution in [0.15, 0.2) is 85.1 Å². The Hall–Kier alpha value is -5.59. The molecule has 0 amide bonds. The molecule has 252 valence electrons. The highest BCUT2D eigenvalue weighted by Gasteiger charge is 2.31. The largest absolute Gasteiger partial charge is 0.573 e. The molecule has 0 saturated heterocycles. The number of benzene rings is 3. The molecule has 0 atom stereocenters. The Morgan fingerprint density at radius 3 is 2.10 bits per heavy atom. The fraction of sp³-hybridized carbons (Fsp3) is 0.257. The number of hydrogen-bond acceptors (Lipinski definition) is 10. The van der Waals surface area contributed by atoms with E-state index in [4.69, 9.17) is 18.9 Å². The lowest BCUT2D eigenvalue weighted by Crippen LogP contribution is -2.17. The van der Waals surface area contributed by atoms with E-state index >= 15 is 0 Å². The van der Waals surface area contributed by atoms with E-state index < -0.39 is 30.0 Å². The molecule has 1 aromatic heterocycles. The number of aromatic nitrogens is 1. The van der Waals surface area contributed by atoms with Crippen molar-refractivity contribution in [2.45, 2.75) is 52.0 Å². The summed E-state index contributed by atoms with van der Waals surface area (Å²) in [5, 5.41) is 9.48. The van der Waals surface area contributed by atoms with E-state index in [-0.39, 0.29) is 40.7 Å². The number of nitrogens with zero attached hydrogens (tertiary/aromatic N) is 1. The summed E-state index contributed by atoms with van der Waals surface area (Å²) in [5.41, 5.74) is 0.0761. The molecule has 0 saturated carbocycles. The molecular weight excluding hydrogens is 635 g/mol. The van der Waals surface area contributed by atoms with Crippen molar-refractivity contribution in [2.75, 3.05) is 6.61 Å². The summed E-state index contributed by atoms with van der Waals surface area (Å²) >= 11 is 0. The fourth-order valence-electron chi connectivity index (χ4n) is 4.23. The van der Waals surface area contributed by atoms with Crippen LogP contribution in [0.1, 0.15) is 75.8 Å². The number of unbranched alkanes of at least 4 members (excludes halogenated alkanes) is 4. The van der Waals surface area contributed by atoms with Crippen molar-refractivity contribution in [3.63, 3.8) is 0 Å². The van der Waals surface area contributed by atoms with Crippen molar-refractivity contribution >= 4 is 17.9 Å². The van der Waals surface area contributed by atoms with Gasteiger partial charge in [-0.2, -0.15) is 0 Å². The Morgan fingerprint density at radius 2 is 1.44 bits per heavy atom. The molecule has 0 spiro atoms. The summed E-state index contributed by atoms with van der Waals surface area (Å²) in [5.74, 6) is -3.06. The summed E-state index contributed by atoms with van der Waals surface area (Å²) in [4.78, 5) is 42.9. The monoisotopic (exact) mass is 667 g/mol. The Kier molecular flexibility index (Phi) is 12.4. The van der Waals surface area contributed by atoms with E-state index in [0.29, 0.717) is 17.9 Å². The van der Waals surface area contributed by atoms with E-state index in [9.17, 15) is 32.7 Å². The van der Waals surface area contributed by atoms with Crippen molar-refractivity contribution in [1.29, 1.82) is 0 Å². The summed E-state index contributed by atoms with van der Waals surface area (Å²) < 4.78 is 63.1. The summed E-state index contributed by atoms with van der Waals surface area (Å²) in [6.07, 6.45) is 1.91. The number of halogens is 3. The van der Waals surface area contributed by atoms with Gasteiger partial charge < -0.3 is 28.8 Å². The number of ether oxygens (including phenoxy) is 5. The minimum absolute atomic E-state index is 0.0558. The highest BCUT2D eigenvalue weighted by Crippen LogP contribution is 2.28. The lowest BCUT2D eigenvalue weighted by molar-refractivity contribution is -0.274. The number of alkyl halides is 3. The minimum atomic E-state index is -4.86. The second-order valence-corrected chi connectivity index (χ2v) is 10.4. The molecule has 0 aliphatic heterocycles. The predicted octanol–water partition coefficient (Wildman–Crippen LogP) is 7.83. The molecule has 0 bridgehead atoms. The first kappa shape index (κ1) is 35.3. The maximum absolute atomic E-state index is 13.2. The molecular formula is C35H32F3NO9. The zero-order valence-corrected chi connectivity index (χ0v) is 25.8. The van der Waals surface area contributed by atoms with Crippen LogP contribution in [-0.2, 0) is 11.3 Å². The molecule has 48 heavy (non-hydrogen) atoms.